The number of nitrogens with two attached hydrogens (primary N) is 1. The van der Waals surface area contributed by atoms with Crippen LogP contribution in [0.25, 0.3) is 10.6 Å². The number of hydrogen-bond donors (Lipinski definition) is 1. The lowest BCUT2D eigenvalue weighted by atomic mass is 10.4. The van der Waals surface area contributed by atoms with Gasteiger partial charge >= 0.3 is 0 Å². The predicted molar refractivity (Wildman–Crippen MR) is 62.0 cm³/mol. The van der Waals surface area contributed by atoms with Gasteiger partial charge in [0.05, 0.1) is 16.1 Å². The molecule has 0 aliphatic heterocycles. The molecule has 0 bridgehead atoms. The van der Waals surface area contributed by atoms with E-state index in [9.17, 15) is 0 Å². The highest BCUT2D eigenvalue weighted by Gasteiger charge is 2.05. The quantitative estimate of drug-likeness (QED) is 0.892. The Hall–Kier alpha value is -0.910. The normalized spacial score (nSPS) is 10.8. The summed E-state index contributed by atoms with van der Waals surface area (Å²) in [6, 6.07) is 1.89. The van der Waals surface area contributed by atoms with Gasteiger partial charge in [0.15, 0.2) is 0 Å². The van der Waals surface area contributed by atoms with Crippen LogP contribution in [0.2, 0.25) is 5.02 Å². The van der Waals surface area contributed by atoms with Crippen molar-refractivity contribution < 1.29 is 0 Å². The van der Waals surface area contributed by atoms with Gasteiger partial charge in [0.25, 0.3) is 0 Å². The molecule has 0 radical (unpaired) electrons. The lowest BCUT2D eigenvalue weighted by molar-refractivity contribution is 0.564. The molecule has 0 saturated carbocycles. The first-order chi connectivity index (χ1) is 7.29. The number of thiophene rings is 1. The molecule has 0 amide bonds. The minimum Gasteiger partial charge on any atom is -0.330 e. The standard InChI is InChI=1S/C9H11ClN4S/c10-7-4-9(15-6-7)8-5-14(13-12-8)3-1-2-11/h4-6H,1-3,11H2. The number of rotatable bonds is 4. The summed E-state index contributed by atoms with van der Waals surface area (Å²) >= 11 is 7.41. The molecule has 15 heavy (non-hydrogen) atoms. The zero-order valence-electron chi connectivity index (χ0n) is 8.06. The Morgan fingerprint density at radius 3 is 3.07 bits per heavy atom. The molecule has 80 valence electrons. The Morgan fingerprint density at radius 2 is 2.40 bits per heavy atom. The zero-order chi connectivity index (χ0) is 10.7. The lowest BCUT2D eigenvalue weighted by Crippen LogP contribution is -2.06. The van der Waals surface area contributed by atoms with Gasteiger partial charge in [-0.2, -0.15) is 0 Å². The fourth-order valence-electron chi connectivity index (χ4n) is 1.22. The van der Waals surface area contributed by atoms with Crippen molar-refractivity contribution in [3.05, 3.63) is 22.7 Å². The summed E-state index contributed by atoms with van der Waals surface area (Å²) < 4.78 is 1.80. The molecule has 0 spiro atoms. The molecule has 0 atom stereocenters. The Labute approximate surface area is 96.7 Å². The van der Waals surface area contributed by atoms with Crippen LogP contribution in [0.1, 0.15) is 6.42 Å². The summed E-state index contributed by atoms with van der Waals surface area (Å²) in [4.78, 5) is 1.04. The van der Waals surface area contributed by atoms with Crippen molar-refractivity contribution in [1.29, 1.82) is 0 Å². The van der Waals surface area contributed by atoms with Gasteiger partial charge in [-0.15, -0.1) is 16.4 Å². The molecule has 2 aromatic rings. The number of hydrogen-bond acceptors (Lipinski definition) is 4. The Balaban J connectivity index is 2.13. The van der Waals surface area contributed by atoms with Crippen LogP contribution >= 0.6 is 22.9 Å². The lowest BCUT2D eigenvalue weighted by Gasteiger charge is -1.95. The molecule has 0 saturated heterocycles. The van der Waals surface area contributed by atoms with Crippen LogP contribution in [-0.2, 0) is 6.54 Å². The van der Waals surface area contributed by atoms with Crippen molar-refractivity contribution in [2.45, 2.75) is 13.0 Å². The smallest absolute Gasteiger partial charge is 0.123 e. The minimum atomic E-state index is 0.667. The third kappa shape index (κ3) is 2.56. The SMILES string of the molecule is NCCCn1cc(-c2cc(Cl)cs2)nn1. The summed E-state index contributed by atoms with van der Waals surface area (Å²) in [5.74, 6) is 0. The number of aromatic nitrogens is 3. The van der Waals surface area contributed by atoms with E-state index in [4.69, 9.17) is 17.3 Å². The third-order valence-electron chi connectivity index (χ3n) is 1.95. The second-order valence-corrected chi connectivity index (χ2v) is 4.49. The van der Waals surface area contributed by atoms with Crippen LogP contribution in [0.15, 0.2) is 17.6 Å². The second kappa shape index (κ2) is 4.74. The molecule has 2 aromatic heterocycles. The molecule has 4 nitrogen and oxygen atoms in total. The number of nitrogens with zero attached hydrogens (tertiary/aromatic N) is 3. The van der Waals surface area contributed by atoms with E-state index in [1.54, 1.807) is 16.0 Å². The van der Waals surface area contributed by atoms with E-state index < -0.39 is 0 Å². The maximum absolute atomic E-state index is 5.84. The average molecular weight is 243 g/mol. The van der Waals surface area contributed by atoms with Crippen molar-refractivity contribution >= 4 is 22.9 Å². The van der Waals surface area contributed by atoms with Crippen LogP contribution in [0.3, 0.4) is 0 Å². The zero-order valence-corrected chi connectivity index (χ0v) is 9.63. The van der Waals surface area contributed by atoms with Gasteiger partial charge in [0.2, 0.25) is 0 Å². The van der Waals surface area contributed by atoms with E-state index in [1.807, 2.05) is 17.6 Å². The monoisotopic (exact) mass is 242 g/mol. The summed E-state index contributed by atoms with van der Waals surface area (Å²) in [6.07, 6.45) is 2.83. The Kier molecular flexibility index (Phi) is 3.35. The van der Waals surface area contributed by atoms with Crippen LogP contribution in [0, 0.1) is 0 Å². The van der Waals surface area contributed by atoms with Crippen LogP contribution in [0.4, 0.5) is 0 Å². The third-order valence-corrected chi connectivity index (χ3v) is 3.25. The van der Waals surface area contributed by atoms with Gasteiger partial charge in [0, 0.05) is 11.9 Å². The fraction of sp³-hybridized carbons (Fsp3) is 0.333. The fourth-order valence-corrected chi connectivity index (χ4v) is 2.25. The largest absolute Gasteiger partial charge is 0.330 e. The van der Waals surface area contributed by atoms with Crippen LogP contribution in [-0.4, -0.2) is 21.5 Å². The van der Waals surface area contributed by atoms with Gasteiger partial charge in [-0.05, 0) is 19.0 Å². The molecular weight excluding hydrogens is 232 g/mol. The minimum absolute atomic E-state index is 0.667. The topological polar surface area (TPSA) is 56.7 Å². The summed E-state index contributed by atoms with van der Waals surface area (Å²) in [7, 11) is 0. The van der Waals surface area contributed by atoms with Gasteiger partial charge in [-0.25, -0.2) is 0 Å². The molecule has 0 aliphatic carbocycles. The van der Waals surface area contributed by atoms with E-state index in [2.05, 4.69) is 10.3 Å². The van der Waals surface area contributed by atoms with Gasteiger partial charge in [-0.1, -0.05) is 16.8 Å². The highest BCUT2D eigenvalue weighted by Crippen LogP contribution is 2.27. The van der Waals surface area contributed by atoms with E-state index >= 15 is 0 Å². The molecule has 0 unspecified atom stereocenters. The molecular formula is C9H11ClN4S. The average Bonchev–Trinajstić information content (AvgIpc) is 2.83. The first kappa shape index (κ1) is 10.6. The van der Waals surface area contributed by atoms with E-state index in [0.717, 1.165) is 28.6 Å². The first-order valence-electron chi connectivity index (χ1n) is 4.64. The molecule has 2 heterocycles. The van der Waals surface area contributed by atoms with E-state index in [0.29, 0.717) is 6.54 Å². The highest BCUT2D eigenvalue weighted by atomic mass is 35.5. The molecule has 2 rings (SSSR count). The van der Waals surface area contributed by atoms with E-state index in [1.165, 1.54) is 0 Å². The first-order valence-corrected chi connectivity index (χ1v) is 5.90. The molecule has 6 heteroatoms. The molecule has 0 aliphatic rings. The number of aryl methyl sites for hydroxylation is 1. The summed E-state index contributed by atoms with van der Waals surface area (Å²) in [5, 5.41) is 10.7. The van der Waals surface area contributed by atoms with Gasteiger partial charge in [0.1, 0.15) is 5.69 Å². The molecule has 0 aromatic carbocycles. The van der Waals surface area contributed by atoms with Crippen molar-refractivity contribution in [3.8, 4) is 10.6 Å². The Bertz CT molecular complexity index is 437. The van der Waals surface area contributed by atoms with Gasteiger partial charge < -0.3 is 5.73 Å². The number of halogens is 1. The second-order valence-electron chi connectivity index (χ2n) is 3.14. The maximum atomic E-state index is 5.84. The summed E-state index contributed by atoms with van der Waals surface area (Å²) in [6.45, 7) is 1.47. The predicted octanol–water partition coefficient (Wildman–Crippen LogP) is 2.01. The van der Waals surface area contributed by atoms with E-state index in [-0.39, 0.29) is 0 Å². The summed E-state index contributed by atoms with van der Waals surface area (Å²) in [5.41, 5.74) is 6.29. The van der Waals surface area contributed by atoms with Crippen molar-refractivity contribution in [2.75, 3.05) is 6.54 Å². The maximum Gasteiger partial charge on any atom is 0.123 e. The highest BCUT2D eigenvalue weighted by molar-refractivity contribution is 7.14. The molecule has 0 fully saturated rings. The van der Waals surface area contributed by atoms with Crippen molar-refractivity contribution in [2.24, 2.45) is 5.73 Å². The molecule has 2 N–H and O–H groups in total. The Morgan fingerprint density at radius 1 is 1.53 bits per heavy atom. The van der Waals surface area contributed by atoms with Crippen LogP contribution < -0.4 is 5.73 Å². The van der Waals surface area contributed by atoms with Crippen LogP contribution in [0.5, 0.6) is 0 Å². The van der Waals surface area contributed by atoms with Gasteiger partial charge in [-0.3, -0.25) is 4.68 Å². The van der Waals surface area contributed by atoms with Crippen molar-refractivity contribution in [3.63, 3.8) is 0 Å². The van der Waals surface area contributed by atoms with Crippen molar-refractivity contribution in [1.82, 2.24) is 15.0 Å².